The molecule has 1 aromatic rings. The fraction of sp³-hybridized carbons (Fsp3) is 0.143. The number of thiophene rings is 1. The van der Waals surface area contributed by atoms with E-state index in [-0.39, 0.29) is 6.29 Å². The van der Waals surface area contributed by atoms with Crippen LogP contribution in [0.3, 0.4) is 0 Å². The molecule has 0 aromatic carbocycles. The third kappa shape index (κ3) is 1.46. The van der Waals surface area contributed by atoms with E-state index in [2.05, 4.69) is 0 Å². The molecule has 0 N–H and O–H groups in total. The lowest BCUT2D eigenvalue weighted by Gasteiger charge is -1.95. The molecule has 3 nitrogen and oxygen atoms in total. The van der Waals surface area contributed by atoms with Crippen molar-refractivity contribution in [2.45, 2.75) is 0 Å². The van der Waals surface area contributed by atoms with Gasteiger partial charge in [0.1, 0.15) is 5.75 Å². The van der Waals surface area contributed by atoms with E-state index in [1.54, 1.807) is 10.8 Å². The number of ether oxygens (including phenoxy) is 1. The predicted molar refractivity (Wildman–Crippen MR) is 41.3 cm³/mol. The van der Waals surface area contributed by atoms with Gasteiger partial charge in [-0.2, -0.15) is 0 Å². The Bertz CT molecular complexity index is 277. The minimum Gasteiger partial charge on any atom is -0.495 e. The fourth-order valence-corrected chi connectivity index (χ4v) is 1.47. The van der Waals surface area contributed by atoms with Crippen molar-refractivity contribution in [3.05, 3.63) is 16.3 Å². The smallest absolute Gasteiger partial charge is 0.229 e. The number of rotatable bonds is 3. The van der Waals surface area contributed by atoms with Crippen LogP contribution in [-0.2, 0) is 4.79 Å². The molecule has 0 saturated carbocycles. The summed E-state index contributed by atoms with van der Waals surface area (Å²) >= 11 is 1.33. The van der Waals surface area contributed by atoms with E-state index >= 15 is 0 Å². The highest BCUT2D eigenvalue weighted by Gasteiger charge is 2.10. The monoisotopic (exact) mass is 170 g/mol. The topological polar surface area (TPSA) is 43.4 Å². The van der Waals surface area contributed by atoms with Crippen molar-refractivity contribution in [3.63, 3.8) is 0 Å². The Balaban J connectivity index is 3.01. The quantitative estimate of drug-likeness (QED) is 0.388. The standard InChI is InChI=1S/C7H6O3S/c1-10-7-4-11-3-5(7)6(9)2-8/h2-4H,1H3. The van der Waals surface area contributed by atoms with Gasteiger partial charge in [0.05, 0.1) is 12.7 Å². The number of ketones is 1. The van der Waals surface area contributed by atoms with Gasteiger partial charge < -0.3 is 4.74 Å². The van der Waals surface area contributed by atoms with Gasteiger partial charge in [-0.1, -0.05) is 0 Å². The SMILES string of the molecule is COc1cscc1C(=O)C=O. The van der Waals surface area contributed by atoms with Gasteiger partial charge in [-0.15, -0.1) is 11.3 Å². The molecule has 0 saturated heterocycles. The van der Waals surface area contributed by atoms with Crippen molar-refractivity contribution >= 4 is 23.4 Å². The first kappa shape index (κ1) is 7.94. The Kier molecular flexibility index (Phi) is 2.38. The zero-order valence-corrected chi connectivity index (χ0v) is 6.68. The van der Waals surface area contributed by atoms with Crippen molar-refractivity contribution in [3.8, 4) is 5.75 Å². The Labute approximate surface area is 67.6 Å². The van der Waals surface area contributed by atoms with Crippen molar-refractivity contribution < 1.29 is 14.3 Å². The zero-order chi connectivity index (χ0) is 8.27. The van der Waals surface area contributed by atoms with Crippen LogP contribution in [0, 0.1) is 0 Å². The summed E-state index contributed by atoms with van der Waals surface area (Å²) in [4.78, 5) is 20.9. The minimum atomic E-state index is -0.539. The maximum atomic E-state index is 10.8. The lowest BCUT2D eigenvalue weighted by molar-refractivity contribution is -0.104. The number of methoxy groups -OCH3 is 1. The Morgan fingerprint density at radius 3 is 2.91 bits per heavy atom. The van der Waals surface area contributed by atoms with Crippen LogP contribution < -0.4 is 4.74 Å². The van der Waals surface area contributed by atoms with Crippen LogP contribution in [0.1, 0.15) is 10.4 Å². The second kappa shape index (κ2) is 3.30. The highest BCUT2D eigenvalue weighted by molar-refractivity contribution is 7.08. The van der Waals surface area contributed by atoms with Crippen LogP contribution in [0.25, 0.3) is 0 Å². The Morgan fingerprint density at radius 1 is 1.64 bits per heavy atom. The average molecular weight is 170 g/mol. The molecule has 0 radical (unpaired) electrons. The number of Topliss-reactive ketones (excluding diaryl/α,β-unsaturated/α-hetero) is 1. The molecule has 0 spiro atoms. The van der Waals surface area contributed by atoms with Crippen LogP contribution >= 0.6 is 11.3 Å². The highest BCUT2D eigenvalue weighted by Crippen LogP contribution is 2.22. The number of hydrogen-bond donors (Lipinski definition) is 0. The van der Waals surface area contributed by atoms with Crippen molar-refractivity contribution in [2.24, 2.45) is 0 Å². The number of carbonyl (C=O) groups excluding carboxylic acids is 2. The van der Waals surface area contributed by atoms with Gasteiger partial charge in [0.15, 0.2) is 6.29 Å². The van der Waals surface area contributed by atoms with E-state index in [1.807, 2.05) is 0 Å². The predicted octanol–water partition coefficient (Wildman–Crippen LogP) is 1.14. The molecule has 0 aliphatic carbocycles. The molecule has 1 aromatic heterocycles. The summed E-state index contributed by atoms with van der Waals surface area (Å²) in [7, 11) is 1.46. The van der Waals surface area contributed by atoms with Gasteiger partial charge in [0, 0.05) is 10.8 Å². The summed E-state index contributed by atoms with van der Waals surface area (Å²) < 4.78 is 4.84. The largest absolute Gasteiger partial charge is 0.495 e. The van der Waals surface area contributed by atoms with Crippen molar-refractivity contribution in [2.75, 3.05) is 7.11 Å². The first-order chi connectivity index (χ1) is 5.29. The van der Waals surface area contributed by atoms with Crippen molar-refractivity contribution in [1.82, 2.24) is 0 Å². The summed E-state index contributed by atoms with van der Waals surface area (Å²) in [5.74, 6) is -0.0739. The molecule has 0 fully saturated rings. The van der Waals surface area contributed by atoms with E-state index in [1.165, 1.54) is 18.4 Å². The molecule has 1 heterocycles. The lowest BCUT2D eigenvalue weighted by atomic mass is 10.2. The molecule has 0 aliphatic rings. The molecule has 11 heavy (non-hydrogen) atoms. The molecule has 1 rings (SSSR count). The maximum absolute atomic E-state index is 10.8. The van der Waals surface area contributed by atoms with Crippen LogP contribution in [0.4, 0.5) is 0 Å². The second-order valence-corrected chi connectivity index (χ2v) is 2.58. The van der Waals surface area contributed by atoms with E-state index in [4.69, 9.17) is 4.74 Å². The van der Waals surface area contributed by atoms with Crippen LogP contribution in [0.5, 0.6) is 5.75 Å². The van der Waals surface area contributed by atoms with Gasteiger partial charge in [0.2, 0.25) is 5.78 Å². The third-order valence-electron chi connectivity index (χ3n) is 1.22. The molecular weight excluding hydrogens is 164 g/mol. The average Bonchev–Trinajstić information content (AvgIpc) is 2.50. The minimum absolute atomic E-state index is 0.282. The third-order valence-corrected chi connectivity index (χ3v) is 1.94. The molecule has 0 amide bonds. The van der Waals surface area contributed by atoms with Crippen LogP contribution in [-0.4, -0.2) is 19.2 Å². The van der Waals surface area contributed by atoms with Gasteiger partial charge in [0.25, 0.3) is 0 Å². The molecular formula is C7H6O3S. The molecule has 58 valence electrons. The summed E-state index contributed by atoms with van der Waals surface area (Å²) in [5.41, 5.74) is 0.340. The van der Waals surface area contributed by atoms with Gasteiger partial charge in [-0.05, 0) is 0 Å². The number of carbonyl (C=O) groups is 2. The normalized spacial score (nSPS) is 9.18. The van der Waals surface area contributed by atoms with Crippen LogP contribution in [0.2, 0.25) is 0 Å². The Morgan fingerprint density at radius 2 is 2.36 bits per heavy atom. The lowest BCUT2D eigenvalue weighted by Crippen LogP contribution is -1.99. The molecule has 0 aliphatic heterocycles. The van der Waals surface area contributed by atoms with Crippen LogP contribution in [0.15, 0.2) is 10.8 Å². The summed E-state index contributed by atoms with van der Waals surface area (Å²) in [6.07, 6.45) is 0.282. The zero-order valence-electron chi connectivity index (χ0n) is 5.87. The first-order valence-electron chi connectivity index (χ1n) is 2.89. The van der Waals surface area contributed by atoms with E-state index in [0.717, 1.165) is 0 Å². The van der Waals surface area contributed by atoms with E-state index in [9.17, 15) is 9.59 Å². The van der Waals surface area contributed by atoms with E-state index < -0.39 is 5.78 Å². The second-order valence-electron chi connectivity index (χ2n) is 1.84. The first-order valence-corrected chi connectivity index (χ1v) is 3.83. The number of aldehydes is 1. The van der Waals surface area contributed by atoms with Gasteiger partial charge in [-0.25, -0.2) is 0 Å². The van der Waals surface area contributed by atoms with Gasteiger partial charge >= 0.3 is 0 Å². The Hall–Kier alpha value is -1.16. The molecule has 0 atom stereocenters. The summed E-state index contributed by atoms with van der Waals surface area (Å²) in [6.45, 7) is 0. The molecule has 0 bridgehead atoms. The highest BCUT2D eigenvalue weighted by atomic mass is 32.1. The molecule has 0 unspecified atom stereocenters. The van der Waals surface area contributed by atoms with E-state index in [0.29, 0.717) is 11.3 Å². The number of hydrogen-bond acceptors (Lipinski definition) is 4. The fourth-order valence-electron chi connectivity index (χ4n) is 0.686. The summed E-state index contributed by atoms with van der Waals surface area (Å²) in [5, 5.41) is 3.27. The summed E-state index contributed by atoms with van der Waals surface area (Å²) in [6, 6.07) is 0. The van der Waals surface area contributed by atoms with Crippen molar-refractivity contribution in [1.29, 1.82) is 0 Å². The molecule has 4 heteroatoms. The maximum Gasteiger partial charge on any atom is 0.229 e. The van der Waals surface area contributed by atoms with Gasteiger partial charge in [-0.3, -0.25) is 9.59 Å².